The van der Waals surface area contributed by atoms with Crippen LogP contribution in [0.25, 0.3) is 0 Å². The minimum Gasteiger partial charge on any atom is -0.435 e. The maximum absolute atomic E-state index is 13.4. The highest BCUT2D eigenvalue weighted by molar-refractivity contribution is 7.89. The Bertz CT molecular complexity index is 1060. The molecule has 3 rings (SSSR count). The highest BCUT2D eigenvalue weighted by Crippen LogP contribution is 2.20. The van der Waals surface area contributed by atoms with Gasteiger partial charge in [0.2, 0.25) is 15.9 Å². The number of piperazine rings is 1. The van der Waals surface area contributed by atoms with Gasteiger partial charge < -0.3 is 10.1 Å². The van der Waals surface area contributed by atoms with Crippen molar-refractivity contribution in [2.24, 2.45) is 0 Å². The molecule has 2 aromatic carbocycles. The van der Waals surface area contributed by atoms with Gasteiger partial charge in [-0.25, -0.2) is 17.2 Å². The zero-order valence-electron chi connectivity index (χ0n) is 17.5. The molecule has 7 nitrogen and oxygen atoms in total. The van der Waals surface area contributed by atoms with Gasteiger partial charge in [0.05, 0.1) is 11.4 Å². The predicted molar refractivity (Wildman–Crippen MR) is 111 cm³/mol. The SMILES string of the molecule is O=C(CN1CCN(S(=O)(=O)c2ccc(F)c(F)c2)CC1)NCCc1ccc(OC(F)F)cc1. The minimum atomic E-state index is -3.96. The maximum atomic E-state index is 13.4. The molecule has 0 aliphatic carbocycles. The maximum Gasteiger partial charge on any atom is 0.387 e. The van der Waals surface area contributed by atoms with E-state index in [-0.39, 0.29) is 36.2 Å². The fourth-order valence-corrected chi connectivity index (χ4v) is 4.79. The molecule has 33 heavy (non-hydrogen) atoms. The standard InChI is InChI=1S/C21H23F4N3O4S/c22-18-6-5-17(13-19(18)23)33(30,31)28-11-9-27(10-12-28)14-20(29)26-8-7-15-1-3-16(4-2-15)32-21(24)25/h1-6,13,21H,7-12,14H2,(H,26,29). The Labute approximate surface area is 189 Å². The molecular formula is C21H23F4N3O4S. The average molecular weight is 489 g/mol. The number of carbonyl (C=O) groups is 1. The van der Waals surface area contributed by atoms with Crippen molar-refractivity contribution in [1.29, 1.82) is 0 Å². The van der Waals surface area contributed by atoms with Crippen LogP contribution >= 0.6 is 0 Å². The van der Waals surface area contributed by atoms with Gasteiger partial charge in [0.15, 0.2) is 11.6 Å². The van der Waals surface area contributed by atoms with Gasteiger partial charge in [0.1, 0.15) is 5.75 Å². The molecule has 1 aliphatic rings. The van der Waals surface area contributed by atoms with Crippen molar-refractivity contribution in [3.8, 4) is 5.75 Å². The Morgan fingerprint density at radius 3 is 2.27 bits per heavy atom. The molecule has 0 atom stereocenters. The monoisotopic (exact) mass is 489 g/mol. The number of alkyl halides is 2. The van der Waals surface area contributed by atoms with Crippen molar-refractivity contribution in [2.45, 2.75) is 17.9 Å². The number of benzene rings is 2. The minimum absolute atomic E-state index is 0.0588. The van der Waals surface area contributed by atoms with Gasteiger partial charge >= 0.3 is 6.61 Å². The fourth-order valence-electron chi connectivity index (χ4n) is 3.36. The van der Waals surface area contributed by atoms with E-state index in [1.807, 2.05) is 0 Å². The van der Waals surface area contributed by atoms with Gasteiger partial charge in [-0.05, 0) is 42.3 Å². The van der Waals surface area contributed by atoms with Crippen LogP contribution in [0.15, 0.2) is 47.4 Å². The molecule has 1 aliphatic heterocycles. The van der Waals surface area contributed by atoms with E-state index in [0.717, 1.165) is 17.7 Å². The topological polar surface area (TPSA) is 79.0 Å². The molecule has 1 fully saturated rings. The molecular weight excluding hydrogens is 466 g/mol. The number of hydrogen-bond acceptors (Lipinski definition) is 5. The molecule has 0 spiro atoms. The second-order valence-electron chi connectivity index (χ2n) is 7.38. The van der Waals surface area contributed by atoms with Gasteiger partial charge in [-0.15, -0.1) is 0 Å². The number of nitrogens with zero attached hydrogens (tertiary/aromatic N) is 2. The van der Waals surface area contributed by atoms with Crippen LogP contribution in [0.1, 0.15) is 5.56 Å². The molecule has 0 aromatic heterocycles. The van der Waals surface area contributed by atoms with Gasteiger partial charge in [-0.2, -0.15) is 13.1 Å². The Balaban J connectivity index is 1.41. The fraction of sp³-hybridized carbons (Fsp3) is 0.381. The third-order valence-electron chi connectivity index (χ3n) is 5.11. The number of sulfonamides is 1. The molecule has 2 aromatic rings. The summed E-state index contributed by atoms with van der Waals surface area (Å²) in [5, 5.41) is 2.76. The number of carbonyl (C=O) groups excluding carboxylic acids is 1. The summed E-state index contributed by atoms with van der Waals surface area (Å²) in [7, 11) is -3.96. The summed E-state index contributed by atoms with van der Waals surface area (Å²) in [5.41, 5.74) is 0.841. The van der Waals surface area contributed by atoms with Crippen molar-refractivity contribution in [3.63, 3.8) is 0 Å². The lowest BCUT2D eigenvalue weighted by Gasteiger charge is -2.33. The van der Waals surface area contributed by atoms with E-state index in [2.05, 4.69) is 10.1 Å². The average Bonchev–Trinajstić information content (AvgIpc) is 2.77. The summed E-state index contributed by atoms with van der Waals surface area (Å²) in [5.74, 6) is -2.53. The normalized spacial score (nSPS) is 15.5. The number of hydrogen-bond donors (Lipinski definition) is 1. The van der Waals surface area contributed by atoms with Gasteiger partial charge in [-0.1, -0.05) is 12.1 Å². The van der Waals surface area contributed by atoms with Crippen LogP contribution in [0.5, 0.6) is 5.75 Å². The van der Waals surface area contributed by atoms with Crippen LogP contribution in [0, 0.1) is 11.6 Å². The lowest BCUT2D eigenvalue weighted by atomic mass is 10.1. The number of nitrogens with one attached hydrogen (secondary N) is 1. The van der Waals surface area contributed by atoms with Crippen molar-refractivity contribution in [2.75, 3.05) is 39.3 Å². The van der Waals surface area contributed by atoms with Crippen LogP contribution in [0.3, 0.4) is 0 Å². The molecule has 0 unspecified atom stereocenters. The molecule has 0 radical (unpaired) electrons. The highest BCUT2D eigenvalue weighted by Gasteiger charge is 2.29. The third-order valence-corrected chi connectivity index (χ3v) is 7.01. The first-order valence-corrected chi connectivity index (χ1v) is 11.6. The van der Waals surface area contributed by atoms with E-state index >= 15 is 0 Å². The Morgan fingerprint density at radius 1 is 1.00 bits per heavy atom. The van der Waals surface area contributed by atoms with Crippen LogP contribution in [0.2, 0.25) is 0 Å². The number of amides is 1. The molecule has 180 valence electrons. The molecule has 0 bridgehead atoms. The Kier molecular flexibility index (Phi) is 8.27. The van der Waals surface area contributed by atoms with Crippen LogP contribution in [-0.4, -0.2) is 69.4 Å². The molecule has 1 N–H and O–H groups in total. The van der Waals surface area contributed by atoms with Crippen molar-refractivity contribution >= 4 is 15.9 Å². The van der Waals surface area contributed by atoms with Crippen molar-refractivity contribution in [3.05, 3.63) is 59.7 Å². The summed E-state index contributed by atoms with van der Waals surface area (Å²) >= 11 is 0. The summed E-state index contributed by atoms with van der Waals surface area (Å²) in [6, 6.07) is 8.58. The zero-order valence-corrected chi connectivity index (χ0v) is 18.3. The van der Waals surface area contributed by atoms with E-state index in [9.17, 15) is 30.8 Å². The zero-order chi connectivity index (χ0) is 24.0. The second-order valence-corrected chi connectivity index (χ2v) is 9.32. The first kappa shape index (κ1) is 24.9. The van der Waals surface area contributed by atoms with Gasteiger partial charge in [0, 0.05) is 32.7 Å². The van der Waals surface area contributed by atoms with Crippen molar-refractivity contribution in [1.82, 2.24) is 14.5 Å². The number of rotatable bonds is 9. The number of ether oxygens (including phenoxy) is 1. The first-order valence-electron chi connectivity index (χ1n) is 10.1. The molecule has 1 heterocycles. The molecule has 12 heteroatoms. The third kappa shape index (κ3) is 6.89. The second kappa shape index (κ2) is 10.9. The van der Waals surface area contributed by atoms with Gasteiger partial charge in [-0.3, -0.25) is 9.69 Å². The van der Waals surface area contributed by atoms with E-state index in [4.69, 9.17) is 0 Å². The molecule has 1 amide bonds. The predicted octanol–water partition coefficient (Wildman–Crippen LogP) is 2.23. The van der Waals surface area contributed by atoms with Crippen molar-refractivity contribution < 1.29 is 35.5 Å². The molecule has 1 saturated heterocycles. The molecule has 0 saturated carbocycles. The van der Waals surface area contributed by atoms with Crippen LogP contribution in [0.4, 0.5) is 17.6 Å². The highest BCUT2D eigenvalue weighted by atomic mass is 32.2. The Morgan fingerprint density at radius 2 is 1.67 bits per heavy atom. The largest absolute Gasteiger partial charge is 0.435 e. The summed E-state index contributed by atoms with van der Waals surface area (Å²) in [4.78, 5) is 13.7. The lowest BCUT2D eigenvalue weighted by Crippen LogP contribution is -2.51. The summed E-state index contributed by atoms with van der Waals surface area (Å²) < 4.78 is 81.5. The van der Waals surface area contributed by atoms with Crippen LogP contribution in [-0.2, 0) is 21.2 Å². The Hall–Kier alpha value is -2.70. The summed E-state index contributed by atoms with van der Waals surface area (Å²) in [6.45, 7) is -1.62. The van der Waals surface area contributed by atoms with E-state index in [1.54, 1.807) is 17.0 Å². The lowest BCUT2D eigenvalue weighted by molar-refractivity contribution is -0.122. The quantitative estimate of drug-likeness (QED) is 0.547. The van der Waals surface area contributed by atoms with E-state index in [0.29, 0.717) is 32.1 Å². The van der Waals surface area contributed by atoms with Crippen LogP contribution < -0.4 is 10.1 Å². The van der Waals surface area contributed by atoms with E-state index in [1.165, 1.54) is 16.4 Å². The smallest absolute Gasteiger partial charge is 0.387 e. The number of halogens is 4. The summed E-state index contributed by atoms with van der Waals surface area (Å²) in [6.07, 6.45) is 0.501. The van der Waals surface area contributed by atoms with Gasteiger partial charge in [0.25, 0.3) is 0 Å². The first-order chi connectivity index (χ1) is 15.6. The van der Waals surface area contributed by atoms with E-state index < -0.39 is 28.3 Å².